The summed E-state index contributed by atoms with van der Waals surface area (Å²) in [4.78, 5) is 35.3. The van der Waals surface area contributed by atoms with Crippen LogP contribution in [0.5, 0.6) is 0 Å². The van der Waals surface area contributed by atoms with Crippen LogP contribution in [0.3, 0.4) is 0 Å². The lowest BCUT2D eigenvalue weighted by Gasteiger charge is -2.04. The molecule has 7 heteroatoms. The van der Waals surface area contributed by atoms with Crippen LogP contribution in [0.15, 0.2) is 33.2 Å². The van der Waals surface area contributed by atoms with Crippen molar-refractivity contribution in [2.75, 3.05) is 5.32 Å². The lowest BCUT2D eigenvalue weighted by Crippen LogP contribution is -2.20. The van der Waals surface area contributed by atoms with E-state index in [2.05, 4.69) is 21.2 Å². The van der Waals surface area contributed by atoms with Crippen LogP contribution in [0.2, 0.25) is 0 Å². The second-order valence-electron chi connectivity index (χ2n) is 5.01. The number of nitrogens with one attached hydrogen (secondary N) is 1. The lowest BCUT2D eigenvalue weighted by molar-refractivity contribution is -0.115. The molecule has 23 heavy (non-hydrogen) atoms. The third-order valence-corrected chi connectivity index (χ3v) is 3.74. The molecule has 6 nitrogen and oxygen atoms in total. The number of Topliss-reactive ketones (excluding diaryl/α,β-unsaturated/α-hetero) is 1. The Morgan fingerprint density at radius 1 is 1.17 bits per heavy atom. The Morgan fingerprint density at radius 2 is 1.78 bits per heavy atom. The monoisotopic (exact) mass is 378 g/mol. The Hall–Kier alpha value is -2.41. The summed E-state index contributed by atoms with van der Waals surface area (Å²) in [6.45, 7) is 2.84. The molecule has 2 aromatic rings. The molecule has 0 saturated carbocycles. The van der Waals surface area contributed by atoms with Crippen molar-refractivity contribution >= 4 is 39.4 Å². The first-order chi connectivity index (χ1) is 10.8. The topological polar surface area (TPSA) is 102 Å². The molecule has 0 atom stereocenters. The maximum absolute atomic E-state index is 12.1. The number of primary amides is 1. The quantitative estimate of drug-likeness (QED) is 0.780. The molecule has 2 amide bonds. The van der Waals surface area contributed by atoms with E-state index in [4.69, 9.17) is 10.2 Å². The van der Waals surface area contributed by atoms with E-state index in [1.807, 2.05) is 12.1 Å². The first kappa shape index (κ1) is 17.0. The van der Waals surface area contributed by atoms with E-state index in [9.17, 15) is 14.4 Å². The molecular weight excluding hydrogens is 364 g/mol. The number of benzene rings is 1. The van der Waals surface area contributed by atoms with E-state index >= 15 is 0 Å². The summed E-state index contributed by atoms with van der Waals surface area (Å²) in [5, 5.41) is 2.50. The normalized spacial score (nSPS) is 10.4. The smallest absolute Gasteiger partial charge is 0.255 e. The molecule has 0 saturated heterocycles. The van der Waals surface area contributed by atoms with Gasteiger partial charge in [0.05, 0.1) is 12.0 Å². The highest BCUT2D eigenvalue weighted by atomic mass is 79.9. The minimum Gasteiger partial charge on any atom is -0.444 e. The minimum absolute atomic E-state index is 0.0939. The number of aryl methyl sites for hydroxylation is 1. The summed E-state index contributed by atoms with van der Waals surface area (Å²) >= 11 is 3.32. The van der Waals surface area contributed by atoms with Crippen molar-refractivity contribution in [3.63, 3.8) is 0 Å². The number of anilines is 1. The van der Waals surface area contributed by atoms with Gasteiger partial charge in [0.15, 0.2) is 5.78 Å². The first-order valence-electron chi connectivity index (χ1n) is 6.78. The standard InChI is InChI=1S/C16H15BrN2O4/c1-8(20)13-9(2)23-16(14(13)15(18)22)19-12(21)7-10-3-5-11(17)6-4-10/h3-6H,7H2,1-2H3,(H2,18,22)(H,19,21). The zero-order valence-electron chi connectivity index (χ0n) is 12.6. The molecule has 0 bridgehead atoms. The van der Waals surface area contributed by atoms with Crippen molar-refractivity contribution in [2.45, 2.75) is 20.3 Å². The summed E-state index contributed by atoms with van der Waals surface area (Å²) in [5.41, 5.74) is 6.09. The van der Waals surface area contributed by atoms with Crippen molar-refractivity contribution in [3.8, 4) is 0 Å². The van der Waals surface area contributed by atoms with E-state index in [1.54, 1.807) is 12.1 Å². The van der Waals surface area contributed by atoms with Gasteiger partial charge in [-0.3, -0.25) is 19.7 Å². The minimum atomic E-state index is -0.828. The first-order valence-corrected chi connectivity index (χ1v) is 7.57. The van der Waals surface area contributed by atoms with Gasteiger partial charge in [-0.05, 0) is 31.5 Å². The summed E-state index contributed by atoms with van der Waals surface area (Å²) < 4.78 is 6.24. The molecule has 0 fully saturated rings. The second-order valence-corrected chi connectivity index (χ2v) is 5.92. The van der Waals surface area contributed by atoms with Crippen molar-refractivity contribution in [1.82, 2.24) is 0 Å². The molecule has 0 aliphatic carbocycles. The highest BCUT2D eigenvalue weighted by molar-refractivity contribution is 9.10. The average molecular weight is 379 g/mol. The maximum atomic E-state index is 12.1. The molecule has 1 heterocycles. The zero-order valence-corrected chi connectivity index (χ0v) is 14.2. The van der Waals surface area contributed by atoms with Crippen molar-refractivity contribution in [3.05, 3.63) is 51.2 Å². The predicted molar refractivity (Wildman–Crippen MR) is 88.4 cm³/mol. The molecule has 120 valence electrons. The fourth-order valence-electron chi connectivity index (χ4n) is 2.25. The number of hydrogen-bond donors (Lipinski definition) is 2. The van der Waals surface area contributed by atoms with E-state index in [0.29, 0.717) is 0 Å². The molecule has 2 rings (SSSR count). The number of rotatable bonds is 5. The summed E-state index contributed by atoms with van der Waals surface area (Å²) in [6, 6.07) is 7.24. The predicted octanol–water partition coefficient (Wildman–Crippen LogP) is 2.83. The Balaban J connectivity index is 2.24. The highest BCUT2D eigenvalue weighted by Gasteiger charge is 2.26. The van der Waals surface area contributed by atoms with Crippen molar-refractivity contribution < 1.29 is 18.8 Å². The fourth-order valence-corrected chi connectivity index (χ4v) is 2.51. The maximum Gasteiger partial charge on any atom is 0.255 e. The van der Waals surface area contributed by atoms with Crippen LogP contribution < -0.4 is 11.1 Å². The van der Waals surface area contributed by atoms with E-state index in [1.165, 1.54) is 13.8 Å². The molecule has 1 aromatic carbocycles. The number of ketones is 1. The van der Waals surface area contributed by atoms with Gasteiger partial charge in [0, 0.05) is 4.47 Å². The molecular formula is C16H15BrN2O4. The van der Waals surface area contributed by atoms with Crippen LogP contribution in [0, 0.1) is 6.92 Å². The molecule has 3 N–H and O–H groups in total. The van der Waals surface area contributed by atoms with Gasteiger partial charge < -0.3 is 10.2 Å². The van der Waals surface area contributed by atoms with Crippen LogP contribution in [0.25, 0.3) is 0 Å². The molecule has 0 radical (unpaired) electrons. The zero-order chi connectivity index (χ0) is 17.1. The van der Waals surface area contributed by atoms with Gasteiger partial charge in [-0.2, -0.15) is 0 Å². The van der Waals surface area contributed by atoms with Gasteiger partial charge in [-0.25, -0.2) is 0 Å². The number of carbonyl (C=O) groups excluding carboxylic acids is 3. The summed E-state index contributed by atoms with van der Waals surface area (Å²) in [7, 11) is 0. The Labute approximate surface area is 141 Å². The molecule has 0 unspecified atom stereocenters. The van der Waals surface area contributed by atoms with Crippen LogP contribution in [0.4, 0.5) is 5.88 Å². The van der Waals surface area contributed by atoms with E-state index in [-0.39, 0.29) is 40.9 Å². The number of hydrogen-bond acceptors (Lipinski definition) is 4. The third-order valence-electron chi connectivity index (χ3n) is 3.21. The van der Waals surface area contributed by atoms with Crippen molar-refractivity contribution in [1.29, 1.82) is 0 Å². The fraction of sp³-hybridized carbons (Fsp3) is 0.188. The van der Waals surface area contributed by atoms with E-state index < -0.39 is 5.91 Å². The third kappa shape index (κ3) is 3.87. The Morgan fingerprint density at radius 3 is 2.30 bits per heavy atom. The summed E-state index contributed by atoms with van der Waals surface area (Å²) in [6.07, 6.45) is 0.0979. The lowest BCUT2D eigenvalue weighted by atomic mass is 10.1. The van der Waals surface area contributed by atoms with Crippen LogP contribution >= 0.6 is 15.9 Å². The van der Waals surface area contributed by atoms with Gasteiger partial charge in [0.25, 0.3) is 5.91 Å². The number of carbonyl (C=O) groups is 3. The Kier molecular flexibility index (Phi) is 5.00. The molecule has 1 aromatic heterocycles. The highest BCUT2D eigenvalue weighted by Crippen LogP contribution is 2.27. The molecule has 0 aliphatic rings. The second kappa shape index (κ2) is 6.78. The van der Waals surface area contributed by atoms with Crippen LogP contribution in [0.1, 0.15) is 39.0 Å². The number of halogens is 1. The number of furan rings is 1. The van der Waals surface area contributed by atoms with Gasteiger partial charge >= 0.3 is 0 Å². The molecule has 0 spiro atoms. The number of nitrogens with two attached hydrogens (primary N) is 1. The van der Waals surface area contributed by atoms with Gasteiger partial charge in [-0.1, -0.05) is 28.1 Å². The van der Waals surface area contributed by atoms with Crippen molar-refractivity contribution in [2.24, 2.45) is 5.73 Å². The van der Waals surface area contributed by atoms with Gasteiger partial charge in [0.1, 0.15) is 11.3 Å². The Bertz CT molecular complexity index is 778. The summed E-state index contributed by atoms with van der Waals surface area (Å²) in [5.74, 6) is -1.41. The van der Waals surface area contributed by atoms with E-state index in [0.717, 1.165) is 10.0 Å². The number of amides is 2. The SMILES string of the molecule is CC(=O)c1c(C)oc(NC(=O)Cc2ccc(Br)cc2)c1C(N)=O. The largest absolute Gasteiger partial charge is 0.444 e. The van der Waals surface area contributed by atoms with Crippen LogP contribution in [-0.4, -0.2) is 17.6 Å². The van der Waals surface area contributed by atoms with Gasteiger partial charge in [0.2, 0.25) is 11.8 Å². The average Bonchev–Trinajstić information content (AvgIpc) is 2.77. The molecule has 0 aliphatic heterocycles. The van der Waals surface area contributed by atoms with Crippen LogP contribution in [-0.2, 0) is 11.2 Å². The van der Waals surface area contributed by atoms with Gasteiger partial charge in [-0.15, -0.1) is 0 Å².